The molecule has 1 amide bonds. The number of hydrogen-bond acceptors (Lipinski definition) is 7. The second-order valence-electron chi connectivity index (χ2n) is 8.20. The lowest BCUT2D eigenvalue weighted by Crippen LogP contribution is -2.42. The number of para-hydroxylation sites is 2. The molecule has 2 aromatic rings. The van der Waals surface area contributed by atoms with Gasteiger partial charge in [-0.3, -0.25) is 19.2 Å². The summed E-state index contributed by atoms with van der Waals surface area (Å²) in [4.78, 5) is 55.1. The van der Waals surface area contributed by atoms with E-state index in [2.05, 4.69) is 11.9 Å². The number of carbonyl (C=O) groups excluding carboxylic acids is 3. The maximum Gasteiger partial charge on any atom is 0.308 e. The van der Waals surface area contributed by atoms with Crippen LogP contribution in [0.2, 0.25) is 0 Å². The van der Waals surface area contributed by atoms with Crippen LogP contribution in [0, 0.1) is 5.92 Å². The Hall–Kier alpha value is -3.23. The summed E-state index contributed by atoms with van der Waals surface area (Å²) in [5.41, 5.74) is 1.61. The van der Waals surface area contributed by atoms with Crippen molar-refractivity contribution in [1.82, 2.24) is 14.5 Å². The number of ether oxygens (including phenoxy) is 2. The molecule has 9 nitrogen and oxygen atoms in total. The number of aromatic nitrogens is 2. The third-order valence-corrected chi connectivity index (χ3v) is 5.96. The van der Waals surface area contributed by atoms with Crippen molar-refractivity contribution in [3.8, 4) is 0 Å². The lowest BCUT2D eigenvalue weighted by Gasteiger charge is -2.30. The van der Waals surface area contributed by atoms with Crippen molar-refractivity contribution in [1.29, 1.82) is 0 Å². The van der Waals surface area contributed by atoms with E-state index in [0.717, 1.165) is 18.4 Å². The average Bonchev–Trinajstić information content (AvgIpc) is 2.85. The van der Waals surface area contributed by atoms with Crippen molar-refractivity contribution in [2.45, 2.75) is 52.0 Å². The highest BCUT2D eigenvalue weighted by Crippen LogP contribution is 2.18. The summed E-state index contributed by atoms with van der Waals surface area (Å²) >= 11 is 0. The van der Waals surface area contributed by atoms with Crippen LogP contribution in [0.25, 0.3) is 11.0 Å². The molecule has 1 aromatic heterocycles. The molecule has 33 heavy (non-hydrogen) atoms. The molecular weight excluding hydrogens is 426 g/mol. The first-order valence-corrected chi connectivity index (χ1v) is 11.4. The predicted molar refractivity (Wildman–Crippen MR) is 122 cm³/mol. The molecule has 0 N–H and O–H groups in total. The molecule has 178 valence electrons. The molecule has 3 rings (SSSR count). The van der Waals surface area contributed by atoms with Gasteiger partial charge >= 0.3 is 11.9 Å². The van der Waals surface area contributed by atoms with Gasteiger partial charge in [-0.15, -0.1) is 0 Å². The van der Waals surface area contributed by atoms with Crippen molar-refractivity contribution in [2.75, 3.05) is 26.8 Å². The van der Waals surface area contributed by atoms with E-state index < -0.39 is 5.97 Å². The van der Waals surface area contributed by atoms with Gasteiger partial charge in [-0.2, -0.15) is 0 Å². The molecule has 1 aliphatic heterocycles. The minimum absolute atomic E-state index is 0.0357. The number of fused-ring (bicyclic) bond motifs is 1. The van der Waals surface area contributed by atoms with Gasteiger partial charge in [-0.05, 0) is 31.4 Å². The van der Waals surface area contributed by atoms with Gasteiger partial charge in [0.15, 0.2) is 6.61 Å². The first kappa shape index (κ1) is 24.4. The Morgan fingerprint density at radius 3 is 2.58 bits per heavy atom. The number of carbonyl (C=O) groups is 3. The number of amides is 1. The first-order valence-electron chi connectivity index (χ1n) is 11.4. The summed E-state index contributed by atoms with van der Waals surface area (Å²) in [6.07, 6.45) is 3.00. The van der Waals surface area contributed by atoms with Crippen molar-refractivity contribution in [3.05, 3.63) is 40.3 Å². The lowest BCUT2D eigenvalue weighted by molar-refractivity contribution is -0.154. The highest BCUT2D eigenvalue weighted by atomic mass is 16.5. The van der Waals surface area contributed by atoms with Gasteiger partial charge in [-0.1, -0.05) is 25.5 Å². The number of methoxy groups -OCH3 is 1. The topological polar surface area (TPSA) is 108 Å². The highest BCUT2D eigenvalue weighted by molar-refractivity contribution is 5.81. The van der Waals surface area contributed by atoms with Gasteiger partial charge in [0.1, 0.15) is 5.69 Å². The predicted octanol–water partition coefficient (Wildman–Crippen LogP) is 2.08. The summed E-state index contributed by atoms with van der Waals surface area (Å²) < 4.78 is 11.6. The lowest BCUT2D eigenvalue weighted by atomic mass is 9.97. The van der Waals surface area contributed by atoms with E-state index in [1.165, 1.54) is 7.11 Å². The molecule has 0 atom stereocenters. The average molecular weight is 458 g/mol. The number of piperidine rings is 1. The maximum absolute atomic E-state index is 12.9. The van der Waals surface area contributed by atoms with Crippen LogP contribution >= 0.6 is 0 Å². The Morgan fingerprint density at radius 2 is 1.88 bits per heavy atom. The Kier molecular flexibility index (Phi) is 8.57. The molecule has 1 aromatic carbocycles. The van der Waals surface area contributed by atoms with E-state index in [9.17, 15) is 19.2 Å². The van der Waals surface area contributed by atoms with E-state index in [-0.39, 0.29) is 42.8 Å². The van der Waals surface area contributed by atoms with Crippen molar-refractivity contribution in [3.63, 3.8) is 0 Å². The van der Waals surface area contributed by atoms with E-state index in [0.29, 0.717) is 43.7 Å². The Balaban J connectivity index is 1.54. The van der Waals surface area contributed by atoms with Crippen LogP contribution in [0.3, 0.4) is 0 Å². The van der Waals surface area contributed by atoms with Crippen LogP contribution < -0.4 is 5.56 Å². The monoisotopic (exact) mass is 457 g/mol. The van der Waals surface area contributed by atoms with Crippen LogP contribution in [0.4, 0.5) is 0 Å². The number of unbranched alkanes of at least 4 members (excludes halogenated alkanes) is 1. The Bertz CT molecular complexity index is 1060. The van der Waals surface area contributed by atoms with E-state index in [1.807, 2.05) is 24.3 Å². The number of benzene rings is 1. The van der Waals surface area contributed by atoms with Gasteiger partial charge in [-0.25, -0.2) is 4.98 Å². The van der Waals surface area contributed by atoms with E-state index >= 15 is 0 Å². The summed E-state index contributed by atoms with van der Waals surface area (Å²) in [6, 6.07) is 7.46. The largest absolute Gasteiger partial charge is 0.469 e. The van der Waals surface area contributed by atoms with Gasteiger partial charge in [0, 0.05) is 26.1 Å². The van der Waals surface area contributed by atoms with Gasteiger partial charge in [0.05, 0.1) is 30.5 Å². The fraction of sp³-hybridized carbons (Fsp3) is 0.542. The highest BCUT2D eigenvalue weighted by Gasteiger charge is 2.28. The molecule has 0 radical (unpaired) electrons. The minimum Gasteiger partial charge on any atom is -0.469 e. The molecule has 1 fully saturated rings. The van der Waals surface area contributed by atoms with Gasteiger partial charge < -0.3 is 18.9 Å². The second-order valence-corrected chi connectivity index (χ2v) is 8.20. The fourth-order valence-corrected chi connectivity index (χ4v) is 4.00. The molecule has 2 heterocycles. The molecule has 0 aliphatic carbocycles. The number of likely N-dealkylation sites (tertiary alicyclic amines) is 1. The fourth-order valence-electron chi connectivity index (χ4n) is 4.00. The smallest absolute Gasteiger partial charge is 0.308 e. The normalized spacial score (nSPS) is 14.3. The number of hydrogen-bond donors (Lipinski definition) is 0. The quantitative estimate of drug-likeness (QED) is 0.531. The van der Waals surface area contributed by atoms with Gasteiger partial charge in [0.2, 0.25) is 0 Å². The molecule has 0 bridgehead atoms. The summed E-state index contributed by atoms with van der Waals surface area (Å²) in [7, 11) is 1.35. The zero-order valence-corrected chi connectivity index (χ0v) is 19.2. The van der Waals surface area contributed by atoms with E-state index in [1.54, 1.807) is 9.47 Å². The van der Waals surface area contributed by atoms with Crippen LogP contribution in [-0.4, -0.2) is 59.1 Å². The zero-order chi connectivity index (χ0) is 23.8. The van der Waals surface area contributed by atoms with E-state index in [4.69, 9.17) is 9.47 Å². The Labute approximate surface area is 192 Å². The summed E-state index contributed by atoms with van der Waals surface area (Å²) in [6.45, 7) is 3.15. The number of esters is 2. The number of rotatable bonds is 9. The molecule has 0 spiro atoms. The second kappa shape index (κ2) is 11.6. The summed E-state index contributed by atoms with van der Waals surface area (Å²) in [5, 5.41) is 0. The standard InChI is InChI=1S/C24H31N3O6/c1-3-4-13-27-20-8-6-5-7-18(20)25-19(23(27)30)9-10-22(29)33-16-21(28)26-14-11-17(12-15-26)24(31)32-2/h5-8,17H,3-4,9-16H2,1-2H3. The third kappa shape index (κ3) is 6.18. The Morgan fingerprint density at radius 1 is 1.15 bits per heavy atom. The molecule has 0 unspecified atom stereocenters. The molecule has 0 saturated carbocycles. The van der Waals surface area contributed by atoms with Crippen LogP contribution in [0.1, 0.15) is 44.7 Å². The third-order valence-electron chi connectivity index (χ3n) is 5.96. The van der Waals surface area contributed by atoms with Crippen LogP contribution in [-0.2, 0) is 36.8 Å². The molecule has 1 saturated heterocycles. The van der Waals surface area contributed by atoms with Crippen LogP contribution in [0.5, 0.6) is 0 Å². The molecule has 9 heteroatoms. The summed E-state index contributed by atoms with van der Waals surface area (Å²) in [5.74, 6) is -1.30. The van der Waals surface area contributed by atoms with Crippen molar-refractivity contribution >= 4 is 28.9 Å². The first-order chi connectivity index (χ1) is 15.9. The molecule has 1 aliphatic rings. The van der Waals surface area contributed by atoms with Crippen molar-refractivity contribution < 1.29 is 23.9 Å². The minimum atomic E-state index is -0.553. The maximum atomic E-state index is 12.9. The number of nitrogens with zero attached hydrogens (tertiary/aromatic N) is 3. The van der Waals surface area contributed by atoms with Crippen molar-refractivity contribution in [2.24, 2.45) is 5.92 Å². The molecular formula is C24H31N3O6. The van der Waals surface area contributed by atoms with Crippen LogP contribution in [0.15, 0.2) is 29.1 Å². The SMILES string of the molecule is CCCCn1c(=O)c(CCC(=O)OCC(=O)N2CCC(C(=O)OC)CC2)nc2ccccc21. The zero-order valence-electron chi connectivity index (χ0n) is 19.2. The van der Waals surface area contributed by atoms with Gasteiger partial charge in [0.25, 0.3) is 11.5 Å². The number of aryl methyl sites for hydroxylation is 2.